The fourth-order valence-electron chi connectivity index (χ4n) is 0.910. The molecule has 0 aromatic carbocycles. The molecule has 13 heavy (non-hydrogen) atoms. The Morgan fingerprint density at radius 2 is 2.38 bits per heavy atom. The van der Waals surface area contributed by atoms with Crippen molar-refractivity contribution in [1.82, 2.24) is 5.32 Å². The molecule has 72 valence electrons. The Labute approximate surface area is 82.2 Å². The number of carbonyl (C=O) groups is 1. The van der Waals surface area contributed by atoms with E-state index < -0.39 is 0 Å². The molecular formula is C9H14N2OS. The van der Waals surface area contributed by atoms with Crippen LogP contribution in [0.1, 0.15) is 12.5 Å². The van der Waals surface area contributed by atoms with E-state index in [4.69, 9.17) is 0 Å². The van der Waals surface area contributed by atoms with Crippen LogP contribution in [0.4, 0.5) is 5.00 Å². The van der Waals surface area contributed by atoms with Gasteiger partial charge in [0.15, 0.2) is 0 Å². The molecule has 0 bridgehead atoms. The number of anilines is 1. The molecule has 3 nitrogen and oxygen atoms in total. The van der Waals surface area contributed by atoms with Crippen LogP contribution in [0, 0.1) is 6.92 Å². The molecule has 0 unspecified atom stereocenters. The van der Waals surface area contributed by atoms with Crippen LogP contribution in [-0.2, 0) is 4.79 Å². The minimum atomic E-state index is 0.0207. The lowest BCUT2D eigenvalue weighted by molar-refractivity contribution is -0.115. The van der Waals surface area contributed by atoms with Crippen LogP contribution < -0.4 is 10.6 Å². The number of thiophene rings is 1. The third-order valence-electron chi connectivity index (χ3n) is 1.65. The van der Waals surface area contributed by atoms with Crippen LogP contribution in [0.3, 0.4) is 0 Å². The molecule has 0 aliphatic rings. The van der Waals surface area contributed by atoms with Crippen LogP contribution in [0.15, 0.2) is 11.4 Å². The first-order valence-corrected chi connectivity index (χ1v) is 5.16. The van der Waals surface area contributed by atoms with Crippen molar-refractivity contribution in [3.63, 3.8) is 0 Å². The van der Waals surface area contributed by atoms with Crippen molar-refractivity contribution >= 4 is 22.2 Å². The van der Waals surface area contributed by atoms with Crippen molar-refractivity contribution < 1.29 is 4.79 Å². The second-order valence-corrected chi connectivity index (χ2v) is 3.68. The summed E-state index contributed by atoms with van der Waals surface area (Å²) in [6, 6.07) is 1.99. The van der Waals surface area contributed by atoms with Crippen molar-refractivity contribution in [3.05, 3.63) is 17.0 Å². The first-order valence-electron chi connectivity index (χ1n) is 4.28. The molecule has 0 atom stereocenters. The van der Waals surface area contributed by atoms with Crippen LogP contribution in [0.2, 0.25) is 0 Å². The third-order valence-corrected chi connectivity index (χ3v) is 2.58. The minimum absolute atomic E-state index is 0.0207. The molecule has 1 aromatic rings. The van der Waals surface area contributed by atoms with Gasteiger partial charge in [-0.2, -0.15) is 0 Å². The molecule has 1 heterocycles. The number of rotatable bonds is 4. The van der Waals surface area contributed by atoms with Gasteiger partial charge in [-0.1, -0.05) is 6.92 Å². The maximum Gasteiger partial charge on any atom is 0.238 e. The Morgan fingerprint density at radius 3 is 2.92 bits per heavy atom. The Kier molecular flexibility index (Phi) is 3.92. The molecule has 0 radical (unpaired) electrons. The number of carbonyl (C=O) groups excluding carboxylic acids is 1. The van der Waals surface area contributed by atoms with E-state index in [0.29, 0.717) is 6.54 Å². The maximum atomic E-state index is 11.3. The lowest BCUT2D eigenvalue weighted by Crippen LogP contribution is -2.27. The van der Waals surface area contributed by atoms with Gasteiger partial charge in [0.05, 0.1) is 11.5 Å². The lowest BCUT2D eigenvalue weighted by atomic mass is 10.3. The quantitative estimate of drug-likeness (QED) is 0.771. The second kappa shape index (κ2) is 4.99. The highest BCUT2D eigenvalue weighted by atomic mass is 32.1. The monoisotopic (exact) mass is 198 g/mol. The van der Waals surface area contributed by atoms with E-state index >= 15 is 0 Å². The Balaban J connectivity index is 2.41. The van der Waals surface area contributed by atoms with E-state index in [1.165, 1.54) is 0 Å². The standard InChI is InChI=1S/C9H14N2OS/c1-3-10-6-8(12)11-9-7(2)4-5-13-9/h4-5,10H,3,6H2,1-2H3,(H,11,12). The summed E-state index contributed by atoms with van der Waals surface area (Å²) in [5.41, 5.74) is 1.12. The van der Waals surface area contributed by atoms with Crippen molar-refractivity contribution in [1.29, 1.82) is 0 Å². The zero-order chi connectivity index (χ0) is 9.68. The molecule has 0 spiro atoms. The van der Waals surface area contributed by atoms with Gasteiger partial charge in [-0.05, 0) is 30.5 Å². The summed E-state index contributed by atoms with van der Waals surface area (Å²) in [6.45, 7) is 5.16. The smallest absolute Gasteiger partial charge is 0.238 e. The highest BCUT2D eigenvalue weighted by Crippen LogP contribution is 2.21. The fourth-order valence-corrected chi connectivity index (χ4v) is 1.75. The van der Waals surface area contributed by atoms with E-state index in [0.717, 1.165) is 17.1 Å². The number of likely N-dealkylation sites (N-methyl/N-ethyl adjacent to an activating group) is 1. The second-order valence-electron chi connectivity index (χ2n) is 2.76. The van der Waals surface area contributed by atoms with Crippen molar-refractivity contribution in [2.24, 2.45) is 0 Å². The molecule has 0 saturated heterocycles. The van der Waals surface area contributed by atoms with Gasteiger partial charge in [-0.25, -0.2) is 0 Å². The molecule has 0 saturated carbocycles. The minimum Gasteiger partial charge on any atom is -0.316 e. The number of aryl methyl sites for hydroxylation is 1. The largest absolute Gasteiger partial charge is 0.316 e. The Bertz CT molecular complexity index is 283. The highest BCUT2D eigenvalue weighted by molar-refractivity contribution is 7.14. The van der Waals surface area contributed by atoms with Gasteiger partial charge in [0.1, 0.15) is 0 Å². The van der Waals surface area contributed by atoms with Crippen molar-refractivity contribution in [3.8, 4) is 0 Å². The molecule has 1 aromatic heterocycles. The molecule has 0 fully saturated rings. The molecule has 0 aliphatic carbocycles. The van der Waals surface area contributed by atoms with Gasteiger partial charge >= 0.3 is 0 Å². The number of amides is 1. The Hall–Kier alpha value is -0.870. The predicted octanol–water partition coefficient (Wildman–Crippen LogP) is 1.60. The van der Waals surface area contributed by atoms with E-state index in [-0.39, 0.29) is 5.91 Å². The van der Waals surface area contributed by atoms with Crippen LogP contribution in [0.5, 0.6) is 0 Å². The molecule has 2 N–H and O–H groups in total. The summed E-state index contributed by atoms with van der Waals surface area (Å²) in [7, 11) is 0. The van der Waals surface area contributed by atoms with E-state index in [1.54, 1.807) is 11.3 Å². The van der Waals surface area contributed by atoms with Crippen molar-refractivity contribution in [2.45, 2.75) is 13.8 Å². The average Bonchev–Trinajstić information content (AvgIpc) is 2.48. The molecular weight excluding hydrogens is 184 g/mol. The van der Waals surface area contributed by atoms with Crippen molar-refractivity contribution in [2.75, 3.05) is 18.4 Å². The van der Waals surface area contributed by atoms with Gasteiger partial charge in [-0.3, -0.25) is 4.79 Å². The topological polar surface area (TPSA) is 41.1 Å². The SMILES string of the molecule is CCNCC(=O)Nc1sccc1C. The summed E-state index contributed by atoms with van der Waals surface area (Å²) >= 11 is 1.55. The molecule has 4 heteroatoms. The number of hydrogen-bond acceptors (Lipinski definition) is 3. The lowest BCUT2D eigenvalue weighted by Gasteiger charge is -2.03. The average molecular weight is 198 g/mol. The van der Waals surface area contributed by atoms with Crippen LogP contribution in [0.25, 0.3) is 0 Å². The molecule has 1 rings (SSSR count). The summed E-state index contributed by atoms with van der Waals surface area (Å²) < 4.78 is 0. The van der Waals surface area contributed by atoms with E-state index in [1.807, 2.05) is 25.3 Å². The van der Waals surface area contributed by atoms with Gasteiger partial charge in [0.2, 0.25) is 5.91 Å². The predicted molar refractivity (Wildman–Crippen MR) is 56.2 cm³/mol. The van der Waals surface area contributed by atoms with Gasteiger partial charge < -0.3 is 10.6 Å². The van der Waals surface area contributed by atoms with Gasteiger partial charge in [0, 0.05) is 0 Å². The summed E-state index contributed by atoms with van der Waals surface area (Å²) in [6.07, 6.45) is 0. The van der Waals surface area contributed by atoms with Gasteiger partial charge in [0.25, 0.3) is 0 Å². The summed E-state index contributed by atoms with van der Waals surface area (Å²) in [5.74, 6) is 0.0207. The zero-order valence-electron chi connectivity index (χ0n) is 7.89. The third kappa shape index (κ3) is 3.16. The first-order chi connectivity index (χ1) is 6.24. The summed E-state index contributed by atoms with van der Waals surface area (Å²) in [4.78, 5) is 11.3. The molecule has 1 amide bonds. The summed E-state index contributed by atoms with van der Waals surface area (Å²) in [5, 5.41) is 8.73. The number of nitrogens with one attached hydrogen (secondary N) is 2. The number of hydrogen-bond donors (Lipinski definition) is 2. The Morgan fingerprint density at radius 1 is 1.62 bits per heavy atom. The fraction of sp³-hybridized carbons (Fsp3) is 0.444. The highest BCUT2D eigenvalue weighted by Gasteiger charge is 2.03. The van der Waals surface area contributed by atoms with Crippen LogP contribution >= 0.6 is 11.3 Å². The zero-order valence-corrected chi connectivity index (χ0v) is 8.70. The first kappa shape index (κ1) is 10.2. The van der Waals surface area contributed by atoms with Gasteiger partial charge in [-0.15, -0.1) is 11.3 Å². The van der Waals surface area contributed by atoms with Crippen LogP contribution in [-0.4, -0.2) is 19.0 Å². The van der Waals surface area contributed by atoms with E-state index in [9.17, 15) is 4.79 Å². The normalized spacial score (nSPS) is 10.0. The molecule has 0 aliphatic heterocycles. The maximum absolute atomic E-state index is 11.3. The van der Waals surface area contributed by atoms with E-state index in [2.05, 4.69) is 10.6 Å².